The number of hydrogen-bond donors (Lipinski definition) is 1. The molecule has 0 aliphatic rings. The maximum absolute atomic E-state index is 12.1. The third kappa shape index (κ3) is 5.11. The predicted octanol–water partition coefficient (Wildman–Crippen LogP) is 4.57. The molecule has 0 amide bonds. The van der Waals surface area contributed by atoms with E-state index in [2.05, 4.69) is 54.7 Å². The van der Waals surface area contributed by atoms with E-state index >= 15 is 0 Å². The van der Waals surface area contributed by atoms with Crippen LogP contribution in [0, 0.1) is 0 Å². The Bertz CT molecular complexity index is 1220. The fourth-order valence-corrected chi connectivity index (χ4v) is 3.93. The van der Waals surface area contributed by atoms with Crippen LogP contribution in [0.1, 0.15) is 30.0 Å². The molecule has 0 fully saturated rings. The van der Waals surface area contributed by atoms with Gasteiger partial charge in [-0.1, -0.05) is 48.5 Å². The van der Waals surface area contributed by atoms with E-state index in [1.807, 2.05) is 30.3 Å². The second kappa shape index (κ2) is 9.88. The van der Waals surface area contributed by atoms with Crippen LogP contribution in [0.3, 0.4) is 0 Å². The first-order chi connectivity index (χ1) is 15.5. The molecule has 0 aliphatic carbocycles. The number of imidazole rings is 1. The highest BCUT2D eigenvalue weighted by Crippen LogP contribution is 2.18. The smallest absolute Gasteiger partial charge is 0.328 e. The SMILES string of the molecule is CC(CCc1ccccc1)NCc1ccc(OCc2ccc3c(c2)n(C)c(=O)n3C)cc1. The first kappa shape index (κ1) is 21.9. The van der Waals surface area contributed by atoms with Gasteiger partial charge >= 0.3 is 5.69 Å². The number of rotatable bonds is 9. The van der Waals surface area contributed by atoms with Crippen LogP contribution in [0.5, 0.6) is 5.75 Å². The Balaban J connectivity index is 1.27. The minimum atomic E-state index is -0.0170. The van der Waals surface area contributed by atoms with Crippen molar-refractivity contribution in [1.29, 1.82) is 0 Å². The molecule has 5 nitrogen and oxygen atoms in total. The number of ether oxygens (including phenoxy) is 1. The number of nitrogens with one attached hydrogen (secondary N) is 1. The Morgan fingerprint density at radius 1 is 0.844 bits per heavy atom. The number of hydrogen-bond acceptors (Lipinski definition) is 3. The van der Waals surface area contributed by atoms with Crippen LogP contribution < -0.4 is 15.7 Å². The largest absolute Gasteiger partial charge is 0.489 e. The number of fused-ring (bicyclic) bond motifs is 1. The van der Waals surface area contributed by atoms with Gasteiger partial charge in [-0.15, -0.1) is 0 Å². The third-order valence-electron chi connectivity index (χ3n) is 6.03. The molecule has 32 heavy (non-hydrogen) atoms. The summed E-state index contributed by atoms with van der Waals surface area (Å²) in [5.41, 5.74) is 5.49. The number of aromatic nitrogens is 2. The molecule has 1 aromatic heterocycles. The summed E-state index contributed by atoms with van der Waals surface area (Å²) in [6.45, 7) is 3.54. The standard InChI is InChI=1S/C27H31N3O2/c1-20(9-10-21-7-5-4-6-8-21)28-18-22-11-14-24(15-12-22)32-19-23-13-16-25-26(17-23)30(3)27(31)29(25)2/h4-8,11-17,20,28H,9-10,18-19H2,1-3H3. The summed E-state index contributed by atoms with van der Waals surface area (Å²) in [4.78, 5) is 12.1. The quantitative estimate of drug-likeness (QED) is 0.424. The monoisotopic (exact) mass is 429 g/mol. The van der Waals surface area contributed by atoms with Crippen LogP contribution in [-0.2, 0) is 33.7 Å². The molecule has 4 rings (SSSR count). The molecule has 1 atom stereocenters. The van der Waals surface area contributed by atoms with Crippen molar-refractivity contribution in [2.75, 3.05) is 0 Å². The van der Waals surface area contributed by atoms with Gasteiger partial charge in [0.1, 0.15) is 12.4 Å². The van der Waals surface area contributed by atoms with E-state index < -0.39 is 0 Å². The fraction of sp³-hybridized carbons (Fsp3) is 0.296. The highest BCUT2D eigenvalue weighted by atomic mass is 16.5. The van der Waals surface area contributed by atoms with Gasteiger partial charge in [-0.2, -0.15) is 0 Å². The van der Waals surface area contributed by atoms with E-state index in [9.17, 15) is 4.79 Å². The minimum absolute atomic E-state index is 0.0170. The van der Waals surface area contributed by atoms with Gasteiger partial charge < -0.3 is 10.1 Å². The zero-order valence-electron chi connectivity index (χ0n) is 19.0. The molecule has 0 radical (unpaired) electrons. The highest BCUT2D eigenvalue weighted by molar-refractivity contribution is 5.76. The van der Waals surface area contributed by atoms with E-state index in [4.69, 9.17) is 4.74 Å². The Labute approximate surface area is 189 Å². The van der Waals surface area contributed by atoms with Crippen LogP contribution in [0.15, 0.2) is 77.6 Å². The second-order valence-corrected chi connectivity index (χ2v) is 8.46. The normalized spacial score (nSPS) is 12.2. The molecule has 166 valence electrons. The molecular formula is C27H31N3O2. The maximum Gasteiger partial charge on any atom is 0.328 e. The van der Waals surface area contributed by atoms with E-state index in [1.165, 1.54) is 11.1 Å². The fourth-order valence-electron chi connectivity index (χ4n) is 3.93. The number of nitrogens with zero attached hydrogens (tertiary/aromatic N) is 2. The Hall–Kier alpha value is -3.31. The summed E-state index contributed by atoms with van der Waals surface area (Å²) in [5.74, 6) is 0.841. The lowest BCUT2D eigenvalue weighted by molar-refractivity contribution is 0.306. The summed E-state index contributed by atoms with van der Waals surface area (Å²) in [5, 5.41) is 3.60. The molecule has 5 heteroatoms. The van der Waals surface area contributed by atoms with Crippen molar-refractivity contribution in [2.24, 2.45) is 14.1 Å². The van der Waals surface area contributed by atoms with Crippen molar-refractivity contribution in [1.82, 2.24) is 14.5 Å². The number of benzene rings is 3. The summed E-state index contributed by atoms with van der Waals surface area (Å²) in [6, 6.07) is 25.3. The van der Waals surface area contributed by atoms with Crippen molar-refractivity contribution in [3.05, 3.63) is 100.0 Å². The first-order valence-corrected chi connectivity index (χ1v) is 11.1. The molecule has 1 unspecified atom stereocenters. The third-order valence-corrected chi connectivity index (χ3v) is 6.03. The molecule has 0 saturated heterocycles. The molecule has 0 aliphatic heterocycles. The first-order valence-electron chi connectivity index (χ1n) is 11.1. The molecule has 1 heterocycles. The Morgan fingerprint density at radius 2 is 1.53 bits per heavy atom. The van der Waals surface area contributed by atoms with Crippen molar-refractivity contribution < 1.29 is 4.74 Å². The molecular weight excluding hydrogens is 398 g/mol. The van der Waals surface area contributed by atoms with Crippen LogP contribution in [0.2, 0.25) is 0 Å². The average molecular weight is 430 g/mol. The van der Waals surface area contributed by atoms with Crippen molar-refractivity contribution in [3.63, 3.8) is 0 Å². The minimum Gasteiger partial charge on any atom is -0.489 e. The van der Waals surface area contributed by atoms with Crippen LogP contribution in [0.25, 0.3) is 11.0 Å². The summed E-state index contributed by atoms with van der Waals surface area (Å²) in [6.07, 6.45) is 2.20. The maximum atomic E-state index is 12.1. The van der Waals surface area contributed by atoms with Gasteiger partial charge in [-0.3, -0.25) is 9.13 Å². The van der Waals surface area contributed by atoms with Crippen LogP contribution in [0.4, 0.5) is 0 Å². The highest BCUT2D eigenvalue weighted by Gasteiger charge is 2.08. The Kier molecular flexibility index (Phi) is 6.76. The van der Waals surface area contributed by atoms with Crippen molar-refractivity contribution in [3.8, 4) is 5.75 Å². The molecule has 4 aromatic rings. The van der Waals surface area contributed by atoms with Crippen molar-refractivity contribution in [2.45, 2.75) is 39.0 Å². The van der Waals surface area contributed by atoms with Gasteiger partial charge in [-0.05, 0) is 60.7 Å². The summed E-state index contributed by atoms with van der Waals surface area (Å²) in [7, 11) is 3.59. The molecule has 0 bridgehead atoms. The second-order valence-electron chi connectivity index (χ2n) is 8.46. The van der Waals surface area contributed by atoms with E-state index in [0.29, 0.717) is 12.6 Å². The van der Waals surface area contributed by atoms with E-state index in [-0.39, 0.29) is 5.69 Å². The van der Waals surface area contributed by atoms with Crippen molar-refractivity contribution >= 4 is 11.0 Å². The van der Waals surface area contributed by atoms with Gasteiger partial charge in [0.25, 0.3) is 0 Å². The lowest BCUT2D eigenvalue weighted by Gasteiger charge is -2.14. The topological polar surface area (TPSA) is 48.2 Å². The average Bonchev–Trinajstić information content (AvgIpc) is 3.05. The van der Waals surface area contributed by atoms with Gasteiger partial charge in [-0.25, -0.2) is 4.79 Å². The van der Waals surface area contributed by atoms with E-state index in [1.54, 1.807) is 23.2 Å². The van der Waals surface area contributed by atoms with Gasteiger partial charge in [0, 0.05) is 26.7 Å². The Morgan fingerprint density at radius 3 is 2.28 bits per heavy atom. The van der Waals surface area contributed by atoms with Crippen LogP contribution >= 0.6 is 0 Å². The van der Waals surface area contributed by atoms with Crippen LogP contribution in [-0.4, -0.2) is 15.2 Å². The summed E-state index contributed by atoms with van der Waals surface area (Å²) >= 11 is 0. The number of aryl methyl sites for hydroxylation is 3. The molecule has 1 N–H and O–H groups in total. The zero-order valence-corrected chi connectivity index (χ0v) is 19.0. The predicted molar refractivity (Wildman–Crippen MR) is 130 cm³/mol. The molecule has 3 aromatic carbocycles. The lowest BCUT2D eigenvalue weighted by atomic mass is 10.1. The van der Waals surface area contributed by atoms with E-state index in [0.717, 1.165) is 41.7 Å². The molecule has 0 saturated carbocycles. The molecule has 0 spiro atoms. The van der Waals surface area contributed by atoms with Gasteiger partial charge in [0.2, 0.25) is 0 Å². The summed E-state index contributed by atoms with van der Waals surface area (Å²) < 4.78 is 9.30. The van der Waals surface area contributed by atoms with Gasteiger partial charge in [0.05, 0.1) is 11.0 Å². The lowest BCUT2D eigenvalue weighted by Crippen LogP contribution is -2.25. The van der Waals surface area contributed by atoms with Gasteiger partial charge in [0.15, 0.2) is 0 Å². The zero-order chi connectivity index (χ0) is 22.5.